The third-order valence-electron chi connectivity index (χ3n) is 5.43. The predicted molar refractivity (Wildman–Crippen MR) is 97.3 cm³/mol. The van der Waals surface area contributed by atoms with E-state index in [2.05, 4.69) is 20.8 Å². The van der Waals surface area contributed by atoms with Gasteiger partial charge in [-0.05, 0) is 40.8 Å². The van der Waals surface area contributed by atoms with Crippen molar-refractivity contribution in [3.63, 3.8) is 0 Å². The summed E-state index contributed by atoms with van der Waals surface area (Å²) in [6.07, 6.45) is 7.50. The van der Waals surface area contributed by atoms with E-state index in [0.717, 1.165) is 37.2 Å². The molecular weight excluding hydrogens is 346 g/mol. The number of carbonyl (C=O) groups is 1. The van der Waals surface area contributed by atoms with E-state index in [0.29, 0.717) is 26.1 Å². The zero-order valence-electron chi connectivity index (χ0n) is 15.3. The fourth-order valence-electron chi connectivity index (χ4n) is 4.08. The number of carbonyl (C=O) groups excluding carboxylic acids is 1. The summed E-state index contributed by atoms with van der Waals surface area (Å²) in [7, 11) is 0. The summed E-state index contributed by atoms with van der Waals surface area (Å²) in [4.78, 5) is 12.7. The maximum atomic E-state index is 12.7. The summed E-state index contributed by atoms with van der Waals surface area (Å²) in [6, 6.07) is 7.59. The Kier molecular flexibility index (Phi) is 5.22. The van der Waals surface area contributed by atoms with Gasteiger partial charge in [-0.1, -0.05) is 31.4 Å². The highest BCUT2D eigenvalue weighted by Gasteiger charge is 2.35. The molecule has 0 saturated heterocycles. The molecule has 1 aromatic carbocycles. The van der Waals surface area contributed by atoms with Crippen molar-refractivity contribution in [3.8, 4) is 11.5 Å². The first-order chi connectivity index (χ1) is 13.2. The molecule has 0 unspecified atom stereocenters. The predicted octanol–water partition coefficient (Wildman–Crippen LogP) is 1.97. The molecule has 2 aromatic rings. The maximum Gasteiger partial charge on any atom is 0.220 e. The molecule has 2 aliphatic rings. The summed E-state index contributed by atoms with van der Waals surface area (Å²) < 4.78 is 13.4. The highest BCUT2D eigenvalue weighted by molar-refractivity contribution is 5.76. The Balaban J connectivity index is 1.32. The first-order valence-corrected chi connectivity index (χ1v) is 9.58. The number of para-hydroxylation sites is 2. The number of tetrazole rings is 1. The number of hydrogen-bond donors (Lipinski definition) is 1. The highest BCUT2D eigenvalue weighted by Crippen LogP contribution is 2.40. The molecule has 0 spiro atoms. The van der Waals surface area contributed by atoms with E-state index in [1.54, 1.807) is 11.0 Å². The molecule has 0 radical (unpaired) electrons. The first-order valence-electron chi connectivity index (χ1n) is 9.58. The third kappa shape index (κ3) is 4.37. The summed E-state index contributed by atoms with van der Waals surface area (Å²) in [6.45, 7) is 1.56. The molecule has 8 nitrogen and oxygen atoms in total. The normalized spacial score (nSPS) is 20.8. The minimum atomic E-state index is -0.175. The number of nitrogens with one attached hydrogen (secondary N) is 1. The van der Waals surface area contributed by atoms with Crippen molar-refractivity contribution in [1.82, 2.24) is 25.5 Å². The fourth-order valence-corrected chi connectivity index (χ4v) is 4.08. The smallest absolute Gasteiger partial charge is 0.220 e. The molecule has 1 saturated carbocycles. The molecular formula is C19H25N5O3. The van der Waals surface area contributed by atoms with Crippen LogP contribution in [0.25, 0.3) is 0 Å². The molecule has 1 aromatic heterocycles. The number of rotatable bonds is 6. The van der Waals surface area contributed by atoms with Crippen molar-refractivity contribution in [1.29, 1.82) is 0 Å². The van der Waals surface area contributed by atoms with Crippen molar-refractivity contribution >= 4 is 5.91 Å². The van der Waals surface area contributed by atoms with E-state index in [4.69, 9.17) is 9.47 Å². The molecule has 1 N–H and O–H groups in total. The Morgan fingerprint density at radius 3 is 2.81 bits per heavy atom. The largest absolute Gasteiger partial charge is 0.486 e. The van der Waals surface area contributed by atoms with E-state index in [9.17, 15) is 4.79 Å². The van der Waals surface area contributed by atoms with Crippen molar-refractivity contribution in [3.05, 3.63) is 30.6 Å². The van der Waals surface area contributed by atoms with Crippen LogP contribution in [0.15, 0.2) is 30.6 Å². The average Bonchev–Trinajstić information content (AvgIpc) is 3.19. The van der Waals surface area contributed by atoms with Crippen LogP contribution in [-0.4, -0.2) is 45.4 Å². The molecule has 8 heteroatoms. The van der Waals surface area contributed by atoms with Gasteiger partial charge in [0.1, 0.15) is 19.0 Å². The second kappa shape index (κ2) is 7.94. The van der Waals surface area contributed by atoms with Crippen molar-refractivity contribution in [2.75, 3.05) is 13.2 Å². The minimum absolute atomic E-state index is 0.0485. The molecule has 0 bridgehead atoms. The quantitative estimate of drug-likeness (QED) is 0.835. The molecule has 4 rings (SSSR count). The molecule has 1 aliphatic heterocycles. The van der Waals surface area contributed by atoms with Gasteiger partial charge < -0.3 is 14.8 Å². The maximum absolute atomic E-state index is 12.7. The van der Waals surface area contributed by atoms with Gasteiger partial charge in [0.05, 0.1) is 13.1 Å². The lowest BCUT2D eigenvalue weighted by molar-refractivity contribution is -0.124. The summed E-state index contributed by atoms with van der Waals surface area (Å²) >= 11 is 0. The van der Waals surface area contributed by atoms with Crippen LogP contribution in [0.4, 0.5) is 0 Å². The number of ether oxygens (including phenoxy) is 2. The fraction of sp³-hybridized carbons (Fsp3) is 0.579. The third-order valence-corrected chi connectivity index (χ3v) is 5.43. The minimum Gasteiger partial charge on any atom is -0.486 e. The van der Waals surface area contributed by atoms with Gasteiger partial charge >= 0.3 is 0 Å². The Hall–Kier alpha value is -2.64. The average molecular weight is 371 g/mol. The number of nitrogens with zero attached hydrogens (tertiary/aromatic N) is 4. The van der Waals surface area contributed by atoms with Crippen LogP contribution < -0.4 is 14.8 Å². The molecule has 144 valence electrons. The van der Waals surface area contributed by atoms with Gasteiger partial charge in [0, 0.05) is 6.42 Å². The van der Waals surface area contributed by atoms with Gasteiger partial charge in [-0.3, -0.25) is 4.79 Å². The lowest BCUT2D eigenvalue weighted by atomic mass is 9.71. The lowest BCUT2D eigenvalue weighted by Gasteiger charge is -2.36. The van der Waals surface area contributed by atoms with Crippen molar-refractivity contribution in [2.24, 2.45) is 5.41 Å². The van der Waals surface area contributed by atoms with Gasteiger partial charge in [-0.15, -0.1) is 5.10 Å². The van der Waals surface area contributed by atoms with E-state index in [1.165, 1.54) is 6.42 Å². The number of hydrogen-bond acceptors (Lipinski definition) is 6. The van der Waals surface area contributed by atoms with E-state index in [1.807, 2.05) is 24.3 Å². The molecule has 1 aliphatic carbocycles. The molecule has 27 heavy (non-hydrogen) atoms. The van der Waals surface area contributed by atoms with Crippen LogP contribution >= 0.6 is 0 Å². The van der Waals surface area contributed by atoms with Gasteiger partial charge in [-0.2, -0.15) is 0 Å². The topological polar surface area (TPSA) is 91.2 Å². The van der Waals surface area contributed by atoms with E-state index < -0.39 is 0 Å². The van der Waals surface area contributed by atoms with Gasteiger partial charge in [0.25, 0.3) is 0 Å². The van der Waals surface area contributed by atoms with Crippen molar-refractivity contribution in [2.45, 2.75) is 51.2 Å². The van der Waals surface area contributed by atoms with Crippen molar-refractivity contribution < 1.29 is 14.3 Å². The molecule has 1 atom stereocenters. The van der Waals surface area contributed by atoms with Crippen LogP contribution in [0.5, 0.6) is 11.5 Å². The zero-order valence-corrected chi connectivity index (χ0v) is 15.3. The summed E-state index contributed by atoms with van der Waals surface area (Å²) in [5, 5.41) is 14.5. The van der Waals surface area contributed by atoms with E-state index in [-0.39, 0.29) is 17.4 Å². The second-order valence-electron chi connectivity index (χ2n) is 7.55. The van der Waals surface area contributed by atoms with Crippen LogP contribution in [0.1, 0.15) is 38.5 Å². The Morgan fingerprint density at radius 1 is 1.22 bits per heavy atom. The monoisotopic (exact) mass is 371 g/mol. The Morgan fingerprint density at radius 2 is 2.04 bits per heavy atom. The lowest BCUT2D eigenvalue weighted by Crippen LogP contribution is -2.43. The first kappa shape index (κ1) is 17.8. The van der Waals surface area contributed by atoms with Gasteiger partial charge in [0.2, 0.25) is 5.91 Å². The Bertz CT molecular complexity index is 758. The highest BCUT2D eigenvalue weighted by atomic mass is 16.6. The number of aromatic nitrogens is 4. The SMILES string of the molecule is O=C(CC1(Cn2cnnn2)CCCCC1)NC[C@H]1COc2ccccc2O1. The molecule has 1 fully saturated rings. The van der Waals surface area contributed by atoms with Crippen LogP contribution in [0, 0.1) is 5.41 Å². The number of fused-ring (bicyclic) bond motifs is 1. The van der Waals surface area contributed by atoms with Crippen LogP contribution in [0.2, 0.25) is 0 Å². The van der Waals surface area contributed by atoms with Gasteiger partial charge in [0.15, 0.2) is 11.5 Å². The molecule has 1 amide bonds. The van der Waals surface area contributed by atoms with Crippen LogP contribution in [-0.2, 0) is 11.3 Å². The Labute approximate surface area is 158 Å². The zero-order chi connectivity index (χ0) is 18.5. The number of benzene rings is 1. The van der Waals surface area contributed by atoms with Crippen LogP contribution in [0.3, 0.4) is 0 Å². The summed E-state index contributed by atoms with van der Waals surface area (Å²) in [5.41, 5.74) is -0.0752. The van der Waals surface area contributed by atoms with Gasteiger partial charge in [-0.25, -0.2) is 4.68 Å². The van der Waals surface area contributed by atoms with E-state index >= 15 is 0 Å². The molecule has 2 heterocycles. The standard InChI is InChI=1S/C19H25N5O3/c25-18(20-11-15-12-26-16-6-2-3-7-17(16)27-15)10-19(8-4-1-5-9-19)13-24-14-21-22-23-24/h2-3,6-7,14-15H,1,4-5,8-13H2,(H,20,25)/t15-/m0/s1. The second-order valence-corrected chi connectivity index (χ2v) is 7.55. The summed E-state index contributed by atoms with van der Waals surface area (Å²) in [5.74, 6) is 1.53. The number of amides is 1.